The van der Waals surface area contributed by atoms with E-state index >= 15 is 0 Å². The van der Waals surface area contributed by atoms with Crippen LogP contribution in [0.4, 0.5) is 0 Å². The molecule has 8 heteroatoms. The summed E-state index contributed by atoms with van der Waals surface area (Å²) >= 11 is 0. The van der Waals surface area contributed by atoms with Crippen molar-refractivity contribution in [3.63, 3.8) is 0 Å². The Labute approximate surface area is 228 Å². The van der Waals surface area contributed by atoms with Crippen molar-refractivity contribution in [3.05, 3.63) is 64.7 Å². The summed E-state index contributed by atoms with van der Waals surface area (Å²) in [5.41, 5.74) is 3.40. The predicted molar refractivity (Wildman–Crippen MR) is 144 cm³/mol. The maximum Gasteiger partial charge on any atom is 0.255 e. The molecule has 8 nitrogen and oxygen atoms in total. The maximum absolute atomic E-state index is 13.0. The van der Waals surface area contributed by atoms with Gasteiger partial charge in [-0.25, -0.2) is 0 Å². The number of nitrogens with one attached hydrogen (secondary N) is 2. The largest absolute Gasteiger partial charge is 0.494 e. The second-order valence-electron chi connectivity index (χ2n) is 10.3. The summed E-state index contributed by atoms with van der Waals surface area (Å²) in [5.74, 6) is 6.63. The minimum absolute atomic E-state index is 0.00284. The Bertz CT molecular complexity index is 1370. The standard InChI is InChI=1S/C31H32N4O4/c32-17-23-18-33-19-26(23)22-10-6-11-24(16-22)39-15-5-3-1-2-4-8-21-9-7-12-25-27(21)20-35(31(25)38)28-13-14-29(36)34-30(28)37/h6-7,9-12,16,23,26,28,33H,1-3,5,13-15,18-20H2,(H,34,36,37). The smallest absolute Gasteiger partial charge is 0.255 e. The van der Waals surface area contributed by atoms with Crippen LogP contribution in [0.5, 0.6) is 5.75 Å². The zero-order valence-electron chi connectivity index (χ0n) is 21.9. The molecule has 3 aliphatic rings. The monoisotopic (exact) mass is 524 g/mol. The van der Waals surface area contributed by atoms with Crippen LogP contribution in [0, 0.1) is 29.1 Å². The second-order valence-corrected chi connectivity index (χ2v) is 10.3. The Hall–Kier alpha value is -4.14. The van der Waals surface area contributed by atoms with Crippen LogP contribution in [-0.4, -0.2) is 48.4 Å². The molecule has 0 radical (unpaired) electrons. The Morgan fingerprint density at radius 1 is 1.05 bits per heavy atom. The molecule has 0 saturated carbocycles. The summed E-state index contributed by atoms with van der Waals surface area (Å²) in [6.07, 6.45) is 4.19. The lowest BCUT2D eigenvalue weighted by Gasteiger charge is -2.29. The summed E-state index contributed by atoms with van der Waals surface area (Å²) in [6, 6.07) is 15.4. The number of hydrogen-bond acceptors (Lipinski definition) is 6. The number of carbonyl (C=O) groups excluding carboxylic acids is 3. The number of unbranched alkanes of at least 4 members (excludes halogenated alkanes) is 3. The van der Waals surface area contributed by atoms with Gasteiger partial charge in [-0.3, -0.25) is 19.7 Å². The fourth-order valence-electron chi connectivity index (χ4n) is 5.54. The van der Waals surface area contributed by atoms with Crippen LogP contribution in [0.25, 0.3) is 0 Å². The molecule has 3 aliphatic heterocycles. The summed E-state index contributed by atoms with van der Waals surface area (Å²) in [5, 5.41) is 15.0. The fraction of sp³-hybridized carbons (Fsp3) is 0.419. The molecule has 2 fully saturated rings. The summed E-state index contributed by atoms with van der Waals surface area (Å²) < 4.78 is 5.96. The number of imide groups is 1. The van der Waals surface area contributed by atoms with Gasteiger partial charge in [-0.05, 0) is 61.1 Å². The fourth-order valence-corrected chi connectivity index (χ4v) is 5.54. The first kappa shape index (κ1) is 26.5. The first-order valence-corrected chi connectivity index (χ1v) is 13.6. The Morgan fingerprint density at radius 2 is 1.92 bits per heavy atom. The van der Waals surface area contributed by atoms with Crippen molar-refractivity contribution in [1.82, 2.24) is 15.5 Å². The Kier molecular flexibility index (Phi) is 8.24. The quantitative estimate of drug-likeness (QED) is 0.312. The van der Waals surface area contributed by atoms with E-state index < -0.39 is 11.9 Å². The van der Waals surface area contributed by atoms with E-state index in [0.29, 0.717) is 25.1 Å². The Balaban J connectivity index is 1.07. The van der Waals surface area contributed by atoms with Gasteiger partial charge in [0.2, 0.25) is 11.8 Å². The number of ether oxygens (including phenoxy) is 1. The number of nitrogens with zero attached hydrogens (tertiary/aromatic N) is 2. The highest BCUT2D eigenvalue weighted by Crippen LogP contribution is 2.31. The van der Waals surface area contributed by atoms with E-state index in [2.05, 4.69) is 40.7 Å². The first-order valence-electron chi connectivity index (χ1n) is 13.6. The van der Waals surface area contributed by atoms with Gasteiger partial charge in [-0.2, -0.15) is 5.26 Å². The lowest BCUT2D eigenvalue weighted by molar-refractivity contribution is -0.136. The molecule has 0 aromatic heterocycles. The van der Waals surface area contributed by atoms with Crippen molar-refractivity contribution < 1.29 is 19.1 Å². The molecule has 39 heavy (non-hydrogen) atoms. The molecule has 3 heterocycles. The van der Waals surface area contributed by atoms with Crippen LogP contribution in [0.15, 0.2) is 42.5 Å². The van der Waals surface area contributed by atoms with E-state index in [9.17, 15) is 19.6 Å². The van der Waals surface area contributed by atoms with Crippen LogP contribution in [-0.2, 0) is 16.1 Å². The van der Waals surface area contributed by atoms with E-state index in [1.54, 1.807) is 11.0 Å². The van der Waals surface area contributed by atoms with Crippen LogP contribution in [0.2, 0.25) is 0 Å². The number of amides is 3. The van der Waals surface area contributed by atoms with E-state index in [1.807, 2.05) is 24.3 Å². The van der Waals surface area contributed by atoms with Gasteiger partial charge in [0, 0.05) is 49.5 Å². The van der Waals surface area contributed by atoms with Gasteiger partial charge < -0.3 is 15.0 Å². The molecule has 3 unspecified atom stereocenters. The molecule has 0 spiro atoms. The number of benzene rings is 2. The maximum atomic E-state index is 13.0. The van der Waals surface area contributed by atoms with E-state index in [1.165, 1.54) is 0 Å². The molecule has 0 aliphatic carbocycles. The zero-order valence-corrected chi connectivity index (χ0v) is 21.9. The van der Waals surface area contributed by atoms with Gasteiger partial charge in [0.15, 0.2) is 0 Å². The molecule has 5 rings (SSSR count). The van der Waals surface area contributed by atoms with Crippen molar-refractivity contribution in [2.24, 2.45) is 5.92 Å². The van der Waals surface area contributed by atoms with Crippen molar-refractivity contribution in [2.45, 2.75) is 57.0 Å². The number of piperidine rings is 1. The van der Waals surface area contributed by atoms with Crippen molar-refractivity contribution >= 4 is 17.7 Å². The molecule has 2 aromatic carbocycles. The van der Waals surface area contributed by atoms with E-state index in [4.69, 9.17) is 4.74 Å². The van der Waals surface area contributed by atoms with E-state index in [-0.39, 0.29) is 30.1 Å². The average Bonchev–Trinajstić information content (AvgIpc) is 3.55. The number of fused-ring (bicyclic) bond motifs is 1. The predicted octanol–water partition coefficient (Wildman–Crippen LogP) is 3.27. The average molecular weight is 525 g/mol. The first-order chi connectivity index (χ1) is 19.0. The third-order valence-electron chi connectivity index (χ3n) is 7.69. The minimum Gasteiger partial charge on any atom is -0.494 e. The molecule has 2 N–H and O–H groups in total. The van der Waals surface area contributed by atoms with Gasteiger partial charge in [-0.15, -0.1) is 0 Å². The molecular formula is C31H32N4O4. The highest BCUT2D eigenvalue weighted by molar-refractivity contribution is 6.05. The normalized spacial score (nSPS) is 22.1. The second kappa shape index (κ2) is 12.1. The third kappa shape index (κ3) is 5.97. The highest BCUT2D eigenvalue weighted by atomic mass is 16.5. The number of nitriles is 1. The molecule has 2 saturated heterocycles. The van der Waals surface area contributed by atoms with Crippen LogP contribution >= 0.6 is 0 Å². The van der Waals surface area contributed by atoms with Gasteiger partial charge in [0.1, 0.15) is 11.8 Å². The SMILES string of the molecule is N#CC1CNCC1c1cccc(OCCCCCC#Cc2cccc3c2CN(C2CCC(=O)NC2=O)C3=O)c1. The lowest BCUT2D eigenvalue weighted by Crippen LogP contribution is -2.52. The molecule has 3 atom stereocenters. The van der Waals surface area contributed by atoms with Crippen LogP contribution in [0.1, 0.15) is 71.5 Å². The summed E-state index contributed by atoms with van der Waals surface area (Å²) in [7, 11) is 0. The molecule has 200 valence electrons. The van der Waals surface area contributed by atoms with Crippen molar-refractivity contribution in [3.8, 4) is 23.7 Å². The van der Waals surface area contributed by atoms with E-state index in [0.717, 1.165) is 61.2 Å². The third-order valence-corrected chi connectivity index (χ3v) is 7.69. The zero-order chi connectivity index (χ0) is 27.2. The van der Waals surface area contributed by atoms with Crippen LogP contribution in [0.3, 0.4) is 0 Å². The minimum atomic E-state index is -0.623. The summed E-state index contributed by atoms with van der Waals surface area (Å²) in [6.45, 7) is 2.52. The molecule has 2 aromatic rings. The highest BCUT2D eigenvalue weighted by Gasteiger charge is 2.39. The summed E-state index contributed by atoms with van der Waals surface area (Å²) in [4.78, 5) is 38.3. The number of carbonyl (C=O) groups is 3. The van der Waals surface area contributed by atoms with Crippen molar-refractivity contribution in [1.29, 1.82) is 5.26 Å². The van der Waals surface area contributed by atoms with Gasteiger partial charge >= 0.3 is 0 Å². The van der Waals surface area contributed by atoms with Gasteiger partial charge in [0.25, 0.3) is 5.91 Å². The van der Waals surface area contributed by atoms with Crippen LogP contribution < -0.4 is 15.4 Å². The molecular weight excluding hydrogens is 492 g/mol. The number of hydrogen-bond donors (Lipinski definition) is 2. The lowest BCUT2D eigenvalue weighted by atomic mass is 9.90. The van der Waals surface area contributed by atoms with Gasteiger partial charge in [0.05, 0.1) is 18.6 Å². The Morgan fingerprint density at radius 3 is 2.77 bits per heavy atom. The molecule has 3 amide bonds. The topological polar surface area (TPSA) is 112 Å². The van der Waals surface area contributed by atoms with Gasteiger partial charge in [-0.1, -0.05) is 30.0 Å². The number of rotatable bonds is 8. The molecule has 0 bridgehead atoms. The van der Waals surface area contributed by atoms with Crippen molar-refractivity contribution in [2.75, 3.05) is 19.7 Å².